The van der Waals surface area contributed by atoms with E-state index in [9.17, 15) is 4.79 Å². The Balaban J connectivity index is 1.79. The zero-order valence-corrected chi connectivity index (χ0v) is 13.0. The van der Waals surface area contributed by atoms with Gasteiger partial charge in [-0.25, -0.2) is 4.98 Å². The van der Waals surface area contributed by atoms with Crippen LogP contribution in [0.25, 0.3) is 0 Å². The first-order valence-electron chi connectivity index (χ1n) is 6.44. The Morgan fingerprint density at radius 2 is 2.24 bits per heavy atom. The van der Waals surface area contributed by atoms with Gasteiger partial charge in [0.2, 0.25) is 0 Å². The number of amides is 1. The molecule has 0 bridgehead atoms. The van der Waals surface area contributed by atoms with E-state index in [1.807, 2.05) is 16.8 Å². The number of hydrogen-bond acceptors (Lipinski definition) is 5. The zero-order valence-electron chi connectivity index (χ0n) is 11.4. The summed E-state index contributed by atoms with van der Waals surface area (Å²) in [6, 6.07) is 5.67. The van der Waals surface area contributed by atoms with Gasteiger partial charge in [0.15, 0.2) is 0 Å². The first kappa shape index (κ1) is 14.0. The third-order valence-electron chi connectivity index (χ3n) is 3.09. The summed E-state index contributed by atoms with van der Waals surface area (Å²) >= 11 is 3.24. The van der Waals surface area contributed by atoms with Gasteiger partial charge in [-0.15, -0.1) is 22.7 Å². The first-order chi connectivity index (χ1) is 10.2. The van der Waals surface area contributed by atoms with Crippen molar-refractivity contribution in [3.05, 3.63) is 56.9 Å². The molecule has 0 radical (unpaired) electrons. The number of nitrogens with zero attached hydrogens (tertiary/aromatic N) is 3. The average Bonchev–Trinajstić information content (AvgIpc) is 3.20. The molecule has 0 fully saturated rings. The highest BCUT2D eigenvalue weighted by Gasteiger charge is 2.20. The highest BCUT2D eigenvalue weighted by atomic mass is 32.1. The van der Waals surface area contributed by atoms with E-state index in [0.717, 1.165) is 11.4 Å². The lowest BCUT2D eigenvalue weighted by atomic mass is 10.2. The maximum absolute atomic E-state index is 12.4. The Kier molecular flexibility index (Phi) is 4.12. The molecule has 3 rings (SSSR count). The number of aromatic nitrogens is 3. The van der Waals surface area contributed by atoms with E-state index < -0.39 is 0 Å². The molecule has 0 spiro atoms. The second kappa shape index (κ2) is 6.19. The van der Waals surface area contributed by atoms with Crippen LogP contribution in [0.15, 0.2) is 41.4 Å². The molecule has 0 aliphatic rings. The summed E-state index contributed by atoms with van der Waals surface area (Å²) in [5.74, 6) is -0.133. The van der Waals surface area contributed by atoms with E-state index in [0.29, 0.717) is 5.69 Å². The molecule has 0 saturated carbocycles. The van der Waals surface area contributed by atoms with Gasteiger partial charge in [-0.2, -0.15) is 5.10 Å². The number of carbonyl (C=O) groups is 1. The predicted molar refractivity (Wildman–Crippen MR) is 83.6 cm³/mol. The lowest BCUT2D eigenvalue weighted by Crippen LogP contribution is -2.31. The Labute approximate surface area is 130 Å². The van der Waals surface area contributed by atoms with E-state index in [1.165, 1.54) is 4.88 Å². The third-order valence-corrected chi connectivity index (χ3v) is 4.88. The average molecular weight is 318 g/mol. The van der Waals surface area contributed by atoms with Gasteiger partial charge in [0, 0.05) is 36.1 Å². The van der Waals surface area contributed by atoms with Crippen molar-refractivity contribution < 1.29 is 4.79 Å². The Hall–Kier alpha value is -1.99. The van der Waals surface area contributed by atoms with Crippen molar-refractivity contribution in [3.8, 4) is 0 Å². The van der Waals surface area contributed by atoms with Gasteiger partial charge in [0.1, 0.15) is 10.7 Å². The van der Waals surface area contributed by atoms with Crippen LogP contribution in [0.5, 0.6) is 0 Å². The molecule has 1 atom stereocenters. The van der Waals surface area contributed by atoms with Crippen LogP contribution in [0.1, 0.15) is 26.4 Å². The topological polar surface area (TPSA) is 59.8 Å². The molecule has 21 heavy (non-hydrogen) atoms. The monoisotopic (exact) mass is 318 g/mol. The summed E-state index contributed by atoms with van der Waals surface area (Å²) in [4.78, 5) is 17.9. The van der Waals surface area contributed by atoms with E-state index in [-0.39, 0.29) is 11.9 Å². The number of nitrogens with one attached hydrogen (secondary N) is 1. The molecule has 1 amide bonds. The van der Waals surface area contributed by atoms with Crippen molar-refractivity contribution in [2.75, 3.05) is 0 Å². The van der Waals surface area contributed by atoms with Crippen molar-refractivity contribution in [1.29, 1.82) is 0 Å². The number of rotatable bonds is 5. The zero-order chi connectivity index (χ0) is 14.7. The molecule has 0 saturated heterocycles. The highest BCUT2D eigenvalue weighted by Crippen LogP contribution is 2.23. The fraction of sp³-hybridized carbons (Fsp3) is 0.214. The molecule has 1 N–H and O–H groups in total. The smallest absolute Gasteiger partial charge is 0.270 e. The summed E-state index contributed by atoms with van der Waals surface area (Å²) in [5, 5.41) is 12.0. The number of carbonyl (C=O) groups excluding carboxylic acids is 1. The molecule has 108 valence electrons. The van der Waals surface area contributed by atoms with Crippen molar-refractivity contribution in [3.63, 3.8) is 0 Å². The molecule has 1 unspecified atom stereocenters. The summed E-state index contributed by atoms with van der Waals surface area (Å²) in [7, 11) is 1.76. The lowest BCUT2D eigenvalue weighted by Gasteiger charge is -2.15. The molecule has 0 aromatic carbocycles. The van der Waals surface area contributed by atoms with E-state index >= 15 is 0 Å². The fourth-order valence-electron chi connectivity index (χ4n) is 2.07. The number of thiophene rings is 1. The van der Waals surface area contributed by atoms with Crippen LogP contribution < -0.4 is 5.32 Å². The summed E-state index contributed by atoms with van der Waals surface area (Å²) in [6.07, 6.45) is 4.12. The number of thiazole rings is 1. The summed E-state index contributed by atoms with van der Waals surface area (Å²) in [5.41, 5.74) is 0.544. The van der Waals surface area contributed by atoms with Crippen LogP contribution in [0.3, 0.4) is 0 Å². The lowest BCUT2D eigenvalue weighted by molar-refractivity contribution is 0.0927. The second-order valence-electron chi connectivity index (χ2n) is 4.52. The van der Waals surface area contributed by atoms with Gasteiger partial charge in [-0.05, 0) is 17.5 Å². The van der Waals surface area contributed by atoms with Crippen molar-refractivity contribution in [2.45, 2.75) is 12.5 Å². The minimum absolute atomic E-state index is 0.119. The largest absolute Gasteiger partial charge is 0.341 e. The van der Waals surface area contributed by atoms with Crippen molar-refractivity contribution in [2.24, 2.45) is 7.05 Å². The molecule has 0 aliphatic carbocycles. The van der Waals surface area contributed by atoms with Gasteiger partial charge in [-0.1, -0.05) is 6.07 Å². The Morgan fingerprint density at radius 1 is 1.33 bits per heavy atom. The maximum Gasteiger partial charge on any atom is 0.270 e. The second-order valence-corrected chi connectivity index (χ2v) is 6.48. The minimum Gasteiger partial charge on any atom is -0.341 e. The molecule has 3 heterocycles. The fourth-order valence-corrected chi connectivity index (χ4v) is 3.51. The molecule has 3 aromatic rings. The van der Waals surface area contributed by atoms with Crippen LogP contribution in [0.4, 0.5) is 0 Å². The van der Waals surface area contributed by atoms with Gasteiger partial charge < -0.3 is 5.32 Å². The van der Waals surface area contributed by atoms with Gasteiger partial charge in [0.25, 0.3) is 5.91 Å². The van der Waals surface area contributed by atoms with Crippen LogP contribution in [0, 0.1) is 0 Å². The predicted octanol–water partition coefficient (Wildman–Crippen LogP) is 2.65. The quantitative estimate of drug-likeness (QED) is 0.787. The maximum atomic E-state index is 12.4. The summed E-state index contributed by atoms with van der Waals surface area (Å²) in [6.45, 7) is 0. The van der Waals surface area contributed by atoms with Crippen LogP contribution in [-0.2, 0) is 13.5 Å². The Morgan fingerprint density at radius 3 is 2.86 bits per heavy atom. The molecular formula is C14H14N4OS2. The minimum atomic E-state index is -0.133. The molecule has 7 heteroatoms. The molecule has 0 aliphatic heterocycles. The van der Waals surface area contributed by atoms with Crippen LogP contribution >= 0.6 is 22.7 Å². The molecule has 3 aromatic heterocycles. The molecular weight excluding hydrogens is 304 g/mol. The third kappa shape index (κ3) is 3.20. The van der Waals surface area contributed by atoms with E-state index in [4.69, 9.17) is 0 Å². The van der Waals surface area contributed by atoms with Crippen molar-refractivity contribution in [1.82, 2.24) is 20.1 Å². The summed E-state index contributed by atoms with van der Waals surface area (Å²) < 4.78 is 1.57. The highest BCUT2D eigenvalue weighted by molar-refractivity contribution is 7.10. The SMILES string of the molecule is Cn1nccc1C(=O)NC(Cc1cccs1)c1nccs1. The molecule has 5 nitrogen and oxygen atoms in total. The standard InChI is InChI=1S/C14H14N4OS2/c1-18-12(4-5-16-18)13(19)17-11(14-15-6-8-21-14)9-10-3-2-7-20-10/h2-8,11H,9H2,1H3,(H,17,19). The van der Waals surface area contributed by atoms with Crippen LogP contribution in [0.2, 0.25) is 0 Å². The number of aryl methyl sites for hydroxylation is 1. The van der Waals surface area contributed by atoms with Gasteiger partial charge in [-0.3, -0.25) is 9.48 Å². The van der Waals surface area contributed by atoms with E-state index in [2.05, 4.69) is 21.5 Å². The van der Waals surface area contributed by atoms with E-state index in [1.54, 1.807) is 52.9 Å². The van der Waals surface area contributed by atoms with Gasteiger partial charge in [0.05, 0.1) is 6.04 Å². The van der Waals surface area contributed by atoms with Gasteiger partial charge >= 0.3 is 0 Å². The Bertz CT molecular complexity index is 703. The van der Waals surface area contributed by atoms with Crippen LogP contribution in [-0.4, -0.2) is 20.7 Å². The number of hydrogen-bond donors (Lipinski definition) is 1. The first-order valence-corrected chi connectivity index (χ1v) is 8.20. The normalized spacial score (nSPS) is 12.2. The van der Waals surface area contributed by atoms with Crippen molar-refractivity contribution >= 4 is 28.6 Å².